The van der Waals surface area contributed by atoms with Crippen molar-refractivity contribution in [3.8, 4) is 11.5 Å². The fourth-order valence-electron chi connectivity index (χ4n) is 1.52. The van der Waals surface area contributed by atoms with Gasteiger partial charge in [0.1, 0.15) is 11.5 Å². The molecule has 0 aromatic heterocycles. The number of benzene rings is 2. The first kappa shape index (κ1) is 14.7. The lowest BCUT2D eigenvalue weighted by Gasteiger charge is -2.18. The van der Waals surface area contributed by atoms with Crippen molar-refractivity contribution in [3.63, 3.8) is 0 Å². The highest BCUT2D eigenvalue weighted by atomic mass is 31.2. The number of ether oxygens (including phenoxy) is 1. The minimum absolute atomic E-state index is 0.293. The first-order chi connectivity index (χ1) is 9.30. The highest BCUT2D eigenvalue weighted by Crippen LogP contribution is 2.59. The van der Waals surface area contributed by atoms with Gasteiger partial charge in [-0.2, -0.15) is 8.78 Å². The average Bonchev–Trinajstić information content (AvgIpc) is 2.39. The first-order valence-electron chi connectivity index (χ1n) is 5.57. The lowest BCUT2D eigenvalue weighted by atomic mass is 10.2. The normalized spacial score (nSPS) is 12.2. The van der Waals surface area contributed by atoms with Crippen molar-refractivity contribution in [1.29, 1.82) is 0 Å². The second-order valence-corrected chi connectivity index (χ2v) is 5.67. The Labute approximate surface area is 113 Å². The van der Waals surface area contributed by atoms with Gasteiger partial charge >= 0.3 is 13.3 Å². The quantitative estimate of drug-likeness (QED) is 0.845. The number of hydrogen-bond acceptors (Lipinski definition) is 2. The molecule has 0 bridgehead atoms. The second kappa shape index (κ2) is 5.32. The third-order valence-electron chi connectivity index (χ3n) is 2.55. The molecule has 106 valence electrons. The van der Waals surface area contributed by atoms with Crippen molar-refractivity contribution in [2.75, 3.05) is 0 Å². The summed E-state index contributed by atoms with van der Waals surface area (Å²) in [5.41, 5.74) is -4.97. The minimum Gasteiger partial charge on any atom is -0.457 e. The highest BCUT2D eigenvalue weighted by molar-refractivity contribution is 7.52. The summed E-state index contributed by atoms with van der Waals surface area (Å²) in [7, 11) is -5.55. The van der Waals surface area contributed by atoms with E-state index in [0.717, 1.165) is 12.1 Å². The number of halogens is 2. The summed E-state index contributed by atoms with van der Waals surface area (Å²) < 4.78 is 43.0. The number of para-hydroxylation sites is 1. The van der Waals surface area contributed by atoms with Gasteiger partial charge in [-0.1, -0.05) is 18.2 Å². The first-order valence-corrected chi connectivity index (χ1v) is 7.19. The third-order valence-corrected chi connectivity index (χ3v) is 3.54. The molecule has 0 aliphatic heterocycles. The molecular weight excluding hydrogens is 289 g/mol. The van der Waals surface area contributed by atoms with Crippen LogP contribution < -0.4 is 4.74 Å². The molecule has 0 radical (unpaired) electrons. The van der Waals surface area contributed by atoms with E-state index in [1.807, 2.05) is 0 Å². The van der Waals surface area contributed by atoms with Crippen LogP contribution in [0, 0.1) is 0 Å². The third kappa shape index (κ3) is 3.04. The summed E-state index contributed by atoms with van der Waals surface area (Å²) in [4.78, 5) is 17.3. The van der Waals surface area contributed by atoms with Crippen LogP contribution in [-0.2, 0) is 10.2 Å². The largest absolute Gasteiger partial charge is 0.457 e. The van der Waals surface area contributed by atoms with E-state index in [4.69, 9.17) is 14.5 Å². The zero-order valence-corrected chi connectivity index (χ0v) is 11.0. The molecule has 20 heavy (non-hydrogen) atoms. The van der Waals surface area contributed by atoms with E-state index in [1.165, 1.54) is 12.1 Å². The Balaban J connectivity index is 2.21. The number of alkyl halides is 2. The molecule has 2 rings (SSSR count). The van der Waals surface area contributed by atoms with Crippen LogP contribution in [0.15, 0.2) is 54.6 Å². The Morgan fingerprint density at radius 2 is 1.40 bits per heavy atom. The molecule has 2 aromatic rings. The van der Waals surface area contributed by atoms with E-state index in [2.05, 4.69) is 0 Å². The van der Waals surface area contributed by atoms with Crippen LogP contribution in [0.4, 0.5) is 8.78 Å². The van der Waals surface area contributed by atoms with E-state index in [-0.39, 0.29) is 0 Å². The van der Waals surface area contributed by atoms with Crippen LogP contribution in [0.5, 0.6) is 11.5 Å². The van der Waals surface area contributed by atoms with E-state index in [9.17, 15) is 13.3 Å². The van der Waals surface area contributed by atoms with E-state index in [1.54, 1.807) is 30.3 Å². The van der Waals surface area contributed by atoms with Crippen LogP contribution in [0.2, 0.25) is 0 Å². The van der Waals surface area contributed by atoms with Crippen molar-refractivity contribution in [3.05, 3.63) is 60.2 Å². The SMILES string of the molecule is O=P(O)(O)C(F)(F)c1ccc(Oc2ccccc2)cc1. The molecule has 2 N–H and O–H groups in total. The average molecular weight is 300 g/mol. The Bertz CT molecular complexity index is 623. The van der Waals surface area contributed by atoms with Crippen molar-refractivity contribution in [2.45, 2.75) is 5.66 Å². The Morgan fingerprint density at radius 3 is 1.90 bits per heavy atom. The van der Waals surface area contributed by atoms with Crippen LogP contribution in [-0.4, -0.2) is 9.79 Å². The standard InChI is InChI=1S/C13H11F2O4P/c14-13(15,20(16,17)18)10-6-8-12(9-7-10)19-11-4-2-1-3-5-11/h1-9H,(H2,16,17,18). The zero-order chi connectivity index (χ0) is 14.8. The number of hydrogen-bond donors (Lipinski definition) is 2. The summed E-state index contributed by atoms with van der Waals surface area (Å²) in [6.07, 6.45) is 0. The van der Waals surface area contributed by atoms with Gasteiger partial charge in [0.05, 0.1) is 0 Å². The maximum Gasteiger partial charge on any atom is 0.399 e. The fraction of sp³-hybridized carbons (Fsp3) is 0.0769. The van der Waals surface area contributed by atoms with Crippen LogP contribution in [0.25, 0.3) is 0 Å². The second-order valence-electron chi connectivity index (χ2n) is 4.02. The summed E-state index contributed by atoms with van der Waals surface area (Å²) in [6.45, 7) is 0. The summed E-state index contributed by atoms with van der Waals surface area (Å²) in [6, 6.07) is 13.0. The molecule has 0 aliphatic rings. The van der Waals surface area contributed by atoms with Crippen LogP contribution in [0.1, 0.15) is 5.56 Å². The molecule has 0 saturated carbocycles. The Morgan fingerprint density at radius 1 is 0.900 bits per heavy atom. The summed E-state index contributed by atoms with van der Waals surface area (Å²) in [5.74, 6) is 0.823. The van der Waals surface area contributed by atoms with Gasteiger partial charge in [0.25, 0.3) is 0 Å². The molecule has 0 fully saturated rings. The van der Waals surface area contributed by atoms with Gasteiger partial charge in [-0.25, -0.2) is 0 Å². The van der Waals surface area contributed by atoms with Crippen LogP contribution in [0.3, 0.4) is 0 Å². The predicted molar refractivity (Wildman–Crippen MR) is 68.9 cm³/mol. The maximum atomic E-state index is 13.4. The Hall–Kier alpha value is -1.75. The Kier molecular flexibility index (Phi) is 3.90. The van der Waals surface area contributed by atoms with Crippen molar-refractivity contribution in [2.24, 2.45) is 0 Å². The van der Waals surface area contributed by atoms with Gasteiger partial charge in [0, 0.05) is 5.56 Å². The number of rotatable bonds is 4. The van der Waals surface area contributed by atoms with Gasteiger partial charge in [0.2, 0.25) is 0 Å². The lowest BCUT2D eigenvalue weighted by Crippen LogP contribution is -2.13. The lowest BCUT2D eigenvalue weighted by molar-refractivity contribution is 0.0564. The van der Waals surface area contributed by atoms with Crippen molar-refractivity contribution < 1.29 is 27.9 Å². The van der Waals surface area contributed by atoms with Gasteiger partial charge in [0.15, 0.2) is 0 Å². The van der Waals surface area contributed by atoms with Gasteiger partial charge < -0.3 is 14.5 Å². The zero-order valence-electron chi connectivity index (χ0n) is 10.1. The maximum absolute atomic E-state index is 13.4. The van der Waals surface area contributed by atoms with Crippen molar-refractivity contribution >= 4 is 7.60 Å². The molecule has 0 unspecified atom stereocenters. The molecule has 0 spiro atoms. The molecule has 4 nitrogen and oxygen atoms in total. The van der Waals surface area contributed by atoms with Crippen LogP contribution >= 0.6 is 7.60 Å². The van der Waals surface area contributed by atoms with Gasteiger partial charge in [-0.3, -0.25) is 4.57 Å². The summed E-state index contributed by atoms with van der Waals surface area (Å²) in [5, 5.41) is 0. The topological polar surface area (TPSA) is 66.8 Å². The van der Waals surface area contributed by atoms with Gasteiger partial charge in [-0.05, 0) is 36.4 Å². The molecule has 7 heteroatoms. The smallest absolute Gasteiger partial charge is 0.399 e. The van der Waals surface area contributed by atoms with E-state index < -0.39 is 18.8 Å². The molecule has 2 aromatic carbocycles. The molecule has 0 saturated heterocycles. The monoisotopic (exact) mass is 300 g/mol. The molecular formula is C13H11F2O4P. The molecule has 0 heterocycles. The minimum atomic E-state index is -5.55. The fourth-order valence-corrected chi connectivity index (χ4v) is 2.00. The molecule has 0 amide bonds. The molecule has 0 atom stereocenters. The van der Waals surface area contributed by atoms with Crippen molar-refractivity contribution in [1.82, 2.24) is 0 Å². The highest BCUT2D eigenvalue weighted by Gasteiger charge is 2.50. The molecule has 0 aliphatic carbocycles. The van der Waals surface area contributed by atoms with E-state index in [0.29, 0.717) is 11.5 Å². The predicted octanol–water partition coefficient (Wildman–Crippen LogP) is 3.71. The van der Waals surface area contributed by atoms with E-state index >= 15 is 0 Å². The summed E-state index contributed by atoms with van der Waals surface area (Å²) >= 11 is 0. The van der Waals surface area contributed by atoms with Gasteiger partial charge in [-0.15, -0.1) is 0 Å².